The van der Waals surface area contributed by atoms with Gasteiger partial charge in [-0.15, -0.1) is 5.73 Å². The van der Waals surface area contributed by atoms with E-state index in [1.807, 2.05) is 6.07 Å². The first-order valence-electron chi connectivity index (χ1n) is 1.82. The van der Waals surface area contributed by atoms with Crippen LogP contribution in [0.3, 0.4) is 0 Å². The van der Waals surface area contributed by atoms with Gasteiger partial charge in [0.05, 0.1) is 6.07 Å². The smallest absolute Gasteiger partial charge is 0.0912 e. The molecule has 0 aromatic carbocycles. The van der Waals surface area contributed by atoms with Crippen molar-refractivity contribution in [2.45, 2.75) is 0 Å². The highest BCUT2D eigenvalue weighted by molar-refractivity contribution is 5.10. The lowest BCUT2D eigenvalue weighted by Crippen LogP contribution is -1.41. The molecule has 0 saturated carbocycles. The molecule has 7 heavy (non-hydrogen) atoms. The van der Waals surface area contributed by atoms with Gasteiger partial charge < -0.3 is 0 Å². The minimum atomic E-state index is 1.36. The lowest BCUT2D eigenvalue weighted by atomic mass is 10.5. The van der Waals surface area contributed by atoms with E-state index in [-0.39, 0.29) is 0 Å². The molecule has 0 spiro atoms. The molecule has 0 bridgehead atoms. The fraction of sp³-hybridized carbons (Fsp3) is 0. The molecule has 0 aromatic rings. The normalized spacial score (nSPS) is 7.29. The van der Waals surface area contributed by atoms with Crippen molar-refractivity contribution in [2.24, 2.45) is 0 Å². The Morgan fingerprint density at radius 1 is 1.57 bits per heavy atom. The van der Waals surface area contributed by atoms with Gasteiger partial charge in [0.1, 0.15) is 0 Å². The van der Waals surface area contributed by atoms with Gasteiger partial charge in [-0.25, -0.2) is 0 Å². The number of rotatable bonds is 1. The van der Waals surface area contributed by atoms with E-state index in [0.717, 1.165) is 0 Å². The first kappa shape index (κ1) is 5.75. The van der Waals surface area contributed by atoms with E-state index in [1.165, 1.54) is 6.08 Å². The van der Waals surface area contributed by atoms with Crippen LogP contribution in [0, 0.1) is 11.3 Å². The number of hydrogen-bond acceptors (Lipinski definition) is 1. The van der Waals surface area contributed by atoms with Crippen molar-refractivity contribution >= 4 is 0 Å². The molecule has 0 N–H and O–H groups in total. The van der Waals surface area contributed by atoms with Crippen molar-refractivity contribution in [2.75, 3.05) is 0 Å². The number of hydrogen-bond donors (Lipinski definition) is 0. The minimum Gasteiger partial charge on any atom is -0.193 e. The van der Waals surface area contributed by atoms with Crippen LogP contribution in [0.25, 0.3) is 0 Å². The molecule has 0 unspecified atom stereocenters. The Labute approximate surface area is 42.9 Å². The number of allylic oxidation sites excluding steroid dienone is 3. The van der Waals surface area contributed by atoms with Crippen LogP contribution >= 0.6 is 0 Å². The van der Waals surface area contributed by atoms with Crippen LogP contribution in [-0.2, 0) is 0 Å². The van der Waals surface area contributed by atoms with Crippen LogP contribution in [0.1, 0.15) is 0 Å². The highest BCUT2D eigenvalue weighted by Crippen LogP contribution is 1.67. The summed E-state index contributed by atoms with van der Waals surface area (Å²) in [5.41, 5.74) is 2.49. The highest BCUT2D eigenvalue weighted by Gasteiger charge is 1.53. The van der Waals surface area contributed by atoms with Crippen molar-refractivity contribution in [3.05, 3.63) is 30.5 Å². The largest absolute Gasteiger partial charge is 0.193 e. The van der Waals surface area contributed by atoms with E-state index in [1.54, 1.807) is 12.2 Å². The van der Waals surface area contributed by atoms with Crippen molar-refractivity contribution in [3.63, 3.8) is 0 Å². The van der Waals surface area contributed by atoms with E-state index >= 15 is 0 Å². The second-order valence-corrected chi connectivity index (χ2v) is 0.859. The third kappa shape index (κ3) is 4.75. The maximum atomic E-state index is 7.89. The summed E-state index contributed by atoms with van der Waals surface area (Å²) in [6.45, 7) is 3.29. The van der Waals surface area contributed by atoms with Crippen molar-refractivity contribution < 1.29 is 0 Å². The van der Waals surface area contributed by atoms with E-state index in [9.17, 15) is 0 Å². The van der Waals surface area contributed by atoms with E-state index < -0.39 is 0 Å². The van der Waals surface area contributed by atoms with Crippen LogP contribution in [-0.4, -0.2) is 0 Å². The third-order valence-electron chi connectivity index (χ3n) is 0.385. The average molecular weight is 91.1 g/mol. The Bertz CT molecular complexity index is 142. The van der Waals surface area contributed by atoms with Crippen LogP contribution in [0.15, 0.2) is 30.5 Å². The van der Waals surface area contributed by atoms with E-state index in [4.69, 9.17) is 5.26 Å². The molecule has 34 valence electrons. The molecule has 0 atom stereocenters. The fourth-order valence-corrected chi connectivity index (χ4v) is 0.159. The van der Waals surface area contributed by atoms with Gasteiger partial charge in [0, 0.05) is 6.08 Å². The van der Waals surface area contributed by atoms with Crippen LogP contribution in [0.5, 0.6) is 0 Å². The fourth-order valence-electron chi connectivity index (χ4n) is 0.159. The van der Waals surface area contributed by atoms with Gasteiger partial charge in [0.25, 0.3) is 0 Å². The lowest BCUT2D eigenvalue weighted by Gasteiger charge is -1.55. The zero-order valence-electron chi connectivity index (χ0n) is 3.89. The van der Waals surface area contributed by atoms with Gasteiger partial charge in [-0.05, 0) is 12.2 Å². The molecule has 1 heteroatoms. The molecule has 0 aliphatic rings. The Morgan fingerprint density at radius 2 is 2.29 bits per heavy atom. The molecule has 0 heterocycles. The van der Waals surface area contributed by atoms with Gasteiger partial charge in [0.15, 0.2) is 0 Å². The van der Waals surface area contributed by atoms with Crippen LogP contribution < -0.4 is 0 Å². The maximum absolute atomic E-state index is 7.89. The molecular weight excluding hydrogens is 86.1 g/mol. The molecule has 0 aliphatic carbocycles. The molecule has 0 saturated heterocycles. The maximum Gasteiger partial charge on any atom is 0.0912 e. The highest BCUT2D eigenvalue weighted by atomic mass is 14.2. The Balaban J connectivity index is 3.54. The first-order chi connectivity index (χ1) is 3.41. The van der Waals surface area contributed by atoms with Crippen molar-refractivity contribution in [1.82, 2.24) is 0 Å². The summed E-state index contributed by atoms with van der Waals surface area (Å²) in [6.07, 6.45) is 4.51. The first-order valence-corrected chi connectivity index (χ1v) is 1.82. The number of nitrogens with zero attached hydrogens (tertiary/aromatic N) is 1. The Hall–Kier alpha value is -1.25. The standard InChI is InChI=1S/C6H5N/c1-2-3-4-5-6-7/h3-5H,1H2/b5-4+. The molecule has 1 nitrogen and oxygen atoms in total. The quantitative estimate of drug-likeness (QED) is 0.272. The molecule has 0 aliphatic heterocycles. The van der Waals surface area contributed by atoms with E-state index in [0.29, 0.717) is 0 Å². The van der Waals surface area contributed by atoms with Crippen LogP contribution in [0.2, 0.25) is 0 Å². The van der Waals surface area contributed by atoms with Crippen molar-refractivity contribution in [1.29, 1.82) is 5.26 Å². The lowest BCUT2D eigenvalue weighted by molar-refractivity contribution is 1.53. The predicted octanol–water partition coefficient (Wildman–Crippen LogP) is 1.41. The summed E-state index contributed by atoms with van der Waals surface area (Å²) < 4.78 is 0. The molecule has 0 amide bonds. The summed E-state index contributed by atoms with van der Waals surface area (Å²) in [6, 6.07) is 1.82. The van der Waals surface area contributed by atoms with Gasteiger partial charge in [-0.3, -0.25) is 0 Å². The summed E-state index contributed by atoms with van der Waals surface area (Å²) >= 11 is 0. The average Bonchev–Trinajstić information content (AvgIpc) is 1.69. The number of nitriles is 1. The monoisotopic (exact) mass is 91.0 g/mol. The summed E-state index contributed by atoms with van der Waals surface area (Å²) in [4.78, 5) is 0. The summed E-state index contributed by atoms with van der Waals surface area (Å²) in [5.74, 6) is 0. The second kappa shape index (κ2) is 4.75. The zero-order chi connectivity index (χ0) is 5.54. The zero-order valence-corrected chi connectivity index (χ0v) is 3.89. The molecular formula is C6H5N. The minimum absolute atomic E-state index is 1.36. The Kier molecular flexibility index (Phi) is 3.90. The van der Waals surface area contributed by atoms with Gasteiger partial charge in [-0.2, -0.15) is 5.26 Å². The predicted molar refractivity (Wildman–Crippen MR) is 28.5 cm³/mol. The van der Waals surface area contributed by atoms with Gasteiger partial charge >= 0.3 is 0 Å². The molecule has 0 radical (unpaired) electrons. The molecule has 0 aromatic heterocycles. The van der Waals surface area contributed by atoms with Crippen molar-refractivity contribution in [3.8, 4) is 6.07 Å². The molecule has 0 fully saturated rings. The van der Waals surface area contributed by atoms with E-state index in [2.05, 4.69) is 12.3 Å². The summed E-state index contributed by atoms with van der Waals surface area (Å²) in [5, 5.41) is 7.89. The van der Waals surface area contributed by atoms with Crippen LogP contribution in [0.4, 0.5) is 0 Å². The van der Waals surface area contributed by atoms with Gasteiger partial charge in [0.2, 0.25) is 0 Å². The SMILES string of the molecule is C=C=C/C=C/C#N. The second-order valence-electron chi connectivity index (χ2n) is 0.859. The summed E-state index contributed by atoms with van der Waals surface area (Å²) in [7, 11) is 0. The van der Waals surface area contributed by atoms with Gasteiger partial charge in [-0.1, -0.05) is 6.58 Å². The Morgan fingerprint density at radius 3 is 2.71 bits per heavy atom. The molecule has 0 rings (SSSR count). The topological polar surface area (TPSA) is 23.8 Å². The third-order valence-corrected chi connectivity index (χ3v) is 0.385.